The number of aryl methyl sites for hydroxylation is 1. The lowest BCUT2D eigenvalue weighted by molar-refractivity contribution is -0.137. The van der Waals surface area contributed by atoms with Crippen molar-refractivity contribution in [3.8, 4) is 0 Å². The van der Waals surface area contributed by atoms with E-state index in [2.05, 4.69) is 15.5 Å². The van der Waals surface area contributed by atoms with Crippen molar-refractivity contribution in [2.45, 2.75) is 19.6 Å². The number of benzene rings is 2. The Balaban J connectivity index is 1.76. The Morgan fingerprint density at radius 1 is 1.17 bits per heavy atom. The lowest BCUT2D eigenvalue weighted by Gasteiger charge is -2.12. The third-order valence-electron chi connectivity index (χ3n) is 4.13. The molecule has 3 N–H and O–H groups in total. The second-order valence-corrected chi connectivity index (χ2v) is 6.23. The van der Waals surface area contributed by atoms with Crippen LogP contribution < -0.4 is 11.1 Å². The summed E-state index contributed by atoms with van der Waals surface area (Å²) in [6.07, 6.45) is -2.98. The van der Waals surface area contributed by atoms with Crippen molar-refractivity contribution in [1.82, 2.24) is 5.16 Å². The fourth-order valence-corrected chi connectivity index (χ4v) is 2.59. The number of carbonyl (C=O) groups excluding carboxylic acids is 1. The summed E-state index contributed by atoms with van der Waals surface area (Å²) in [7, 11) is 0. The second kappa shape index (κ2) is 8.17. The molecule has 3 rings (SSSR count). The van der Waals surface area contributed by atoms with Gasteiger partial charge >= 0.3 is 12.1 Å². The molecule has 0 unspecified atom stereocenters. The number of rotatable bonds is 5. The highest BCUT2D eigenvalue weighted by atomic mass is 19.4. The van der Waals surface area contributed by atoms with Gasteiger partial charge in [0.25, 0.3) is 0 Å². The summed E-state index contributed by atoms with van der Waals surface area (Å²) in [5.41, 5.74) is 7.53. The van der Waals surface area contributed by atoms with Crippen LogP contribution in [0.3, 0.4) is 0 Å². The minimum Gasteiger partial charge on any atom is -0.383 e. The molecule has 3 aromatic rings. The molecule has 1 heterocycles. The molecule has 0 saturated heterocycles. The Labute approximate surface area is 164 Å². The van der Waals surface area contributed by atoms with Gasteiger partial charge in [0.15, 0.2) is 0 Å². The van der Waals surface area contributed by atoms with Gasteiger partial charge in [-0.3, -0.25) is 4.79 Å². The SMILES string of the molecule is Cc1cnoc1C(=O)N=C(N)c1ccccc1NCc1ccc(C(F)(F)F)cc1. The fourth-order valence-electron chi connectivity index (χ4n) is 2.59. The van der Waals surface area contributed by atoms with E-state index in [1.807, 2.05) is 0 Å². The molecule has 0 saturated carbocycles. The predicted molar refractivity (Wildman–Crippen MR) is 102 cm³/mol. The molecule has 1 amide bonds. The highest BCUT2D eigenvalue weighted by Gasteiger charge is 2.29. The first kappa shape index (κ1) is 20.1. The number of nitrogens with one attached hydrogen (secondary N) is 1. The van der Waals surface area contributed by atoms with E-state index in [0.717, 1.165) is 12.1 Å². The number of para-hydroxylation sites is 1. The molecular formula is C20H17F3N4O2. The predicted octanol–water partition coefficient (Wildman–Crippen LogP) is 4.16. The maximum atomic E-state index is 12.7. The summed E-state index contributed by atoms with van der Waals surface area (Å²) in [6.45, 7) is 1.92. The molecule has 0 aliphatic carbocycles. The molecule has 6 nitrogen and oxygen atoms in total. The van der Waals surface area contributed by atoms with Crippen LogP contribution in [0, 0.1) is 6.92 Å². The first-order valence-corrected chi connectivity index (χ1v) is 8.55. The minimum absolute atomic E-state index is 0.00291. The quantitative estimate of drug-likeness (QED) is 0.494. The summed E-state index contributed by atoms with van der Waals surface area (Å²) >= 11 is 0. The van der Waals surface area contributed by atoms with Gasteiger partial charge in [0.05, 0.1) is 11.8 Å². The van der Waals surface area contributed by atoms with Gasteiger partial charge in [0, 0.05) is 23.4 Å². The van der Waals surface area contributed by atoms with Crippen molar-refractivity contribution in [3.05, 3.63) is 82.7 Å². The molecule has 0 spiro atoms. The number of aliphatic imine (C=N–C) groups is 1. The highest BCUT2D eigenvalue weighted by Crippen LogP contribution is 2.29. The van der Waals surface area contributed by atoms with E-state index in [9.17, 15) is 18.0 Å². The van der Waals surface area contributed by atoms with Gasteiger partial charge in [-0.25, -0.2) is 0 Å². The zero-order valence-electron chi connectivity index (χ0n) is 15.3. The number of halogens is 3. The van der Waals surface area contributed by atoms with Crippen LogP contribution in [-0.4, -0.2) is 16.9 Å². The summed E-state index contributed by atoms with van der Waals surface area (Å²) in [6, 6.07) is 11.7. The van der Waals surface area contributed by atoms with Crippen molar-refractivity contribution in [2.75, 3.05) is 5.32 Å². The molecular weight excluding hydrogens is 385 g/mol. The van der Waals surface area contributed by atoms with Gasteiger partial charge in [-0.15, -0.1) is 0 Å². The van der Waals surface area contributed by atoms with Crippen LogP contribution in [0.4, 0.5) is 18.9 Å². The van der Waals surface area contributed by atoms with Crippen LogP contribution in [0.15, 0.2) is 64.2 Å². The van der Waals surface area contributed by atoms with Crippen molar-refractivity contribution in [3.63, 3.8) is 0 Å². The summed E-state index contributed by atoms with van der Waals surface area (Å²) < 4.78 is 42.9. The van der Waals surface area contributed by atoms with Crippen LogP contribution in [0.2, 0.25) is 0 Å². The molecule has 0 radical (unpaired) electrons. The number of carbonyl (C=O) groups is 1. The zero-order valence-corrected chi connectivity index (χ0v) is 15.3. The Morgan fingerprint density at radius 3 is 2.48 bits per heavy atom. The molecule has 0 bridgehead atoms. The molecule has 29 heavy (non-hydrogen) atoms. The molecule has 2 aromatic carbocycles. The number of amides is 1. The van der Waals surface area contributed by atoms with Gasteiger partial charge in [0.2, 0.25) is 5.76 Å². The number of alkyl halides is 3. The van der Waals surface area contributed by atoms with Crippen LogP contribution in [0.1, 0.15) is 32.8 Å². The van der Waals surface area contributed by atoms with Crippen molar-refractivity contribution in [1.29, 1.82) is 0 Å². The largest absolute Gasteiger partial charge is 0.416 e. The van der Waals surface area contributed by atoms with E-state index in [4.69, 9.17) is 10.3 Å². The van der Waals surface area contributed by atoms with Crippen molar-refractivity contribution in [2.24, 2.45) is 10.7 Å². The van der Waals surface area contributed by atoms with Gasteiger partial charge in [-0.05, 0) is 36.8 Å². The van der Waals surface area contributed by atoms with E-state index >= 15 is 0 Å². The molecule has 0 fully saturated rings. The molecule has 0 atom stereocenters. The Bertz CT molecular complexity index is 1040. The van der Waals surface area contributed by atoms with Crippen molar-refractivity contribution >= 4 is 17.4 Å². The first-order chi connectivity index (χ1) is 13.8. The zero-order chi connectivity index (χ0) is 21.0. The lowest BCUT2D eigenvalue weighted by Crippen LogP contribution is -2.18. The third-order valence-corrected chi connectivity index (χ3v) is 4.13. The van der Waals surface area contributed by atoms with Gasteiger partial charge in [-0.2, -0.15) is 18.2 Å². The highest BCUT2D eigenvalue weighted by molar-refractivity contribution is 6.10. The summed E-state index contributed by atoms with van der Waals surface area (Å²) in [4.78, 5) is 16.1. The molecule has 9 heteroatoms. The lowest BCUT2D eigenvalue weighted by atomic mass is 10.1. The number of hydrogen-bond acceptors (Lipinski definition) is 4. The number of nitrogens with zero attached hydrogens (tertiary/aromatic N) is 2. The third kappa shape index (κ3) is 4.81. The number of anilines is 1. The van der Waals surface area contributed by atoms with E-state index in [-0.39, 0.29) is 18.1 Å². The first-order valence-electron chi connectivity index (χ1n) is 8.55. The summed E-state index contributed by atoms with van der Waals surface area (Å²) in [5.74, 6) is -0.681. The average Bonchev–Trinajstić information content (AvgIpc) is 3.12. The maximum Gasteiger partial charge on any atom is 0.416 e. The number of nitrogens with two attached hydrogens (primary N) is 1. The number of hydrogen-bond donors (Lipinski definition) is 2. The standard InChI is InChI=1S/C20H17F3N4O2/c1-12-10-26-29-17(12)19(28)27-18(24)15-4-2-3-5-16(15)25-11-13-6-8-14(9-7-13)20(21,22)23/h2-10,25H,11H2,1H3,(H2,24,27,28). The van der Waals surface area contributed by atoms with Crippen LogP contribution in [0.25, 0.3) is 0 Å². The van der Waals surface area contributed by atoms with Gasteiger partial charge < -0.3 is 15.6 Å². The topological polar surface area (TPSA) is 93.5 Å². The number of amidine groups is 1. The van der Waals surface area contributed by atoms with Crippen LogP contribution in [-0.2, 0) is 12.7 Å². The van der Waals surface area contributed by atoms with Gasteiger partial charge in [-0.1, -0.05) is 29.4 Å². The Morgan fingerprint density at radius 2 is 1.86 bits per heavy atom. The van der Waals surface area contributed by atoms with E-state index in [0.29, 0.717) is 22.4 Å². The van der Waals surface area contributed by atoms with Crippen LogP contribution >= 0.6 is 0 Å². The smallest absolute Gasteiger partial charge is 0.383 e. The maximum absolute atomic E-state index is 12.7. The summed E-state index contributed by atoms with van der Waals surface area (Å²) in [5, 5.41) is 6.63. The molecule has 1 aromatic heterocycles. The second-order valence-electron chi connectivity index (χ2n) is 6.23. The molecule has 150 valence electrons. The van der Waals surface area contributed by atoms with E-state index < -0.39 is 17.6 Å². The van der Waals surface area contributed by atoms with E-state index in [1.165, 1.54) is 18.3 Å². The molecule has 0 aliphatic rings. The van der Waals surface area contributed by atoms with E-state index in [1.54, 1.807) is 31.2 Å². The Hall–Kier alpha value is -3.62. The minimum atomic E-state index is -4.38. The van der Waals surface area contributed by atoms with Crippen LogP contribution in [0.5, 0.6) is 0 Å². The fraction of sp³-hybridized carbons (Fsp3) is 0.150. The normalized spacial score (nSPS) is 12.1. The van der Waals surface area contributed by atoms with Crippen molar-refractivity contribution < 1.29 is 22.5 Å². The van der Waals surface area contributed by atoms with Gasteiger partial charge in [0.1, 0.15) is 5.84 Å². The number of aromatic nitrogens is 1. The Kier molecular flexibility index (Phi) is 5.67. The average molecular weight is 402 g/mol. The molecule has 0 aliphatic heterocycles. The monoisotopic (exact) mass is 402 g/mol.